The number of rotatable bonds is 7. The Bertz CT molecular complexity index is 308. The van der Waals surface area contributed by atoms with Crippen molar-refractivity contribution in [3.8, 4) is 0 Å². The predicted molar refractivity (Wildman–Crippen MR) is 94.3 cm³/mol. The molecule has 1 heterocycles. The highest BCUT2D eigenvalue weighted by Crippen LogP contribution is 2.24. The van der Waals surface area contributed by atoms with Crippen molar-refractivity contribution in [1.82, 2.24) is 10.2 Å². The number of thioether (sulfide) groups is 1. The smallest absolute Gasteiger partial charge is 0.193 e. The number of aliphatic imine (C=N–C) groups is 1. The fourth-order valence-corrected chi connectivity index (χ4v) is 3.56. The van der Waals surface area contributed by atoms with Crippen molar-refractivity contribution in [3.05, 3.63) is 0 Å². The van der Waals surface area contributed by atoms with Crippen LogP contribution in [0.5, 0.6) is 0 Å². The van der Waals surface area contributed by atoms with Crippen LogP contribution in [0.3, 0.4) is 0 Å². The molecular formula is C16H33N3OS. The van der Waals surface area contributed by atoms with E-state index in [2.05, 4.69) is 56.6 Å². The van der Waals surface area contributed by atoms with Crippen molar-refractivity contribution < 1.29 is 4.74 Å². The Morgan fingerprint density at radius 3 is 2.76 bits per heavy atom. The molecule has 1 fully saturated rings. The Balaban J connectivity index is 2.46. The van der Waals surface area contributed by atoms with Gasteiger partial charge in [-0.05, 0) is 33.1 Å². The second-order valence-electron chi connectivity index (χ2n) is 6.11. The van der Waals surface area contributed by atoms with Crippen LogP contribution in [0.15, 0.2) is 4.99 Å². The van der Waals surface area contributed by atoms with Gasteiger partial charge < -0.3 is 15.0 Å². The summed E-state index contributed by atoms with van der Waals surface area (Å²) in [5.41, 5.74) is 0. The predicted octanol–water partition coefficient (Wildman–Crippen LogP) is 2.84. The van der Waals surface area contributed by atoms with Gasteiger partial charge in [-0.1, -0.05) is 13.8 Å². The van der Waals surface area contributed by atoms with Gasteiger partial charge in [0, 0.05) is 43.8 Å². The zero-order chi connectivity index (χ0) is 15.7. The minimum atomic E-state index is 0.313. The molecule has 1 aliphatic heterocycles. The molecule has 0 saturated carbocycles. The van der Waals surface area contributed by atoms with E-state index in [-0.39, 0.29) is 0 Å². The standard InChI is InChI=1S/C16H33N3OS/c1-6-17-16(18-8-7-10-20-14(4)5)19-9-11-21-15(12-19)13(2)3/h13-15H,6-12H2,1-5H3,(H,17,18). The van der Waals surface area contributed by atoms with Crippen LogP contribution < -0.4 is 5.32 Å². The quantitative estimate of drug-likeness (QED) is 0.445. The molecule has 1 unspecified atom stereocenters. The number of guanidine groups is 1. The molecule has 124 valence electrons. The van der Waals surface area contributed by atoms with E-state index in [4.69, 9.17) is 9.73 Å². The molecule has 0 spiro atoms. The van der Waals surface area contributed by atoms with Crippen LogP contribution in [0, 0.1) is 5.92 Å². The van der Waals surface area contributed by atoms with Crippen LogP contribution in [-0.2, 0) is 4.74 Å². The van der Waals surface area contributed by atoms with Gasteiger partial charge >= 0.3 is 0 Å². The largest absolute Gasteiger partial charge is 0.379 e. The Morgan fingerprint density at radius 1 is 1.38 bits per heavy atom. The summed E-state index contributed by atoms with van der Waals surface area (Å²) in [5.74, 6) is 3.00. The summed E-state index contributed by atoms with van der Waals surface area (Å²) in [6.45, 7) is 15.7. The molecule has 4 nitrogen and oxygen atoms in total. The molecule has 21 heavy (non-hydrogen) atoms. The van der Waals surface area contributed by atoms with Crippen molar-refractivity contribution in [1.29, 1.82) is 0 Å². The fourth-order valence-electron chi connectivity index (χ4n) is 2.27. The highest BCUT2D eigenvalue weighted by atomic mass is 32.2. The molecule has 5 heteroatoms. The molecule has 0 aliphatic carbocycles. The summed E-state index contributed by atoms with van der Waals surface area (Å²) in [6.07, 6.45) is 1.30. The molecule has 1 aliphatic rings. The molecule has 1 rings (SSSR count). The second kappa shape index (κ2) is 10.3. The van der Waals surface area contributed by atoms with E-state index in [9.17, 15) is 0 Å². The summed E-state index contributed by atoms with van der Waals surface area (Å²) in [4.78, 5) is 7.19. The van der Waals surface area contributed by atoms with E-state index >= 15 is 0 Å². The van der Waals surface area contributed by atoms with Crippen LogP contribution >= 0.6 is 11.8 Å². The third kappa shape index (κ3) is 7.41. The Morgan fingerprint density at radius 2 is 2.14 bits per heavy atom. The molecule has 0 aromatic rings. The third-order valence-corrected chi connectivity index (χ3v) is 5.03. The van der Waals surface area contributed by atoms with E-state index in [1.54, 1.807) is 0 Å². The highest BCUT2D eigenvalue weighted by molar-refractivity contribution is 8.00. The van der Waals surface area contributed by atoms with Gasteiger partial charge in [-0.25, -0.2) is 0 Å². The van der Waals surface area contributed by atoms with Crippen LogP contribution in [0.4, 0.5) is 0 Å². The molecule has 1 N–H and O–H groups in total. The van der Waals surface area contributed by atoms with Crippen molar-refractivity contribution in [2.75, 3.05) is 38.5 Å². The third-order valence-electron chi connectivity index (χ3n) is 3.49. The normalized spacial score (nSPS) is 20.4. The lowest BCUT2D eigenvalue weighted by atomic mass is 10.1. The van der Waals surface area contributed by atoms with E-state index < -0.39 is 0 Å². The van der Waals surface area contributed by atoms with Crippen molar-refractivity contribution >= 4 is 17.7 Å². The number of ether oxygens (including phenoxy) is 1. The molecule has 1 atom stereocenters. The van der Waals surface area contributed by atoms with Crippen molar-refractivity contribution in [3.63, 3.8) is 0 Å². The van der Waals surface area contributed by atoms with E-state index in [1.165, 1.54) is 5.75 Å². The topological polar surface area (TPSA) is 36.9 Å². The number of hydrogen-bond acceptors (Lipinski definition) is 3. The lowest BCUT2D eigenvalue weighted by molar-refractivity contribution is 0.0782. The average Bonchev–Trinajstić information content (AvgIpc) is 2.45. The summed E-state index contributed by atoms with van der Waals surface area (Å²) >= 11 is 2.10. The maximum atomic E-state index is 5.57. The van der Waals surface area contributed by atoms with E-state index in [0.29, 0.717) is 11.4 Å². The summed E-state index contributed by atoms with van der Waals surface area (Å²) < 4.78 is 5.57. The van der Waals surface area contributed by atoms with Crippen LogP contribution in [-0.4, -0.2) is 60.8 Å². The maximum absolute atomic E-state index is 5.57. The summed E-state index contributed by atoms with van der Waals surface area (Å²) in [7, 11) is 0. The first-order chi connectivity index (χ1) is 10.0. The van der Waals surface area contributed by atoms with Gasteiger partial charge in [-0.15, -0.1) is 0 Å². The minimum Gasteiger partial charge on any atom is -0.379 e. The van der Waals surface area contributed by atoms with Gasteiger partial charge in [0.05, 0.1) is 6.10 Å². The van der Waals surface area contributed by atoms with Crippen LogP contribution in [0.2, 0.25) is 0 Å². The monoisotopic (exact) mass is 315 g/mol. The molecule has 0 aromatic heterocycles. The molecule has 0 bridgehead atoms. The number of nitrogens with zero attached hydrogens (tertiary/aromatic N) is 2. The first-order valence-electron chi connectivity index (χ1n) is 8.31. The lowest BCUT2D eigenvalue weighted by Crippen LogP contribution is -2.49. The van der Waals surface area contributed by atoms with Gasteiger partial charge in [0.2, 0.25) is 0 Å². The molecule has 1 saturated heterocycles. The Labute approximate surface area is 135 Å². The van der Waals surface area contributed by atoms with Crippen molar-refractivity contribution in [2.24, 2.45) is 10.9 Å². The number of nitrogens with one attached hydrogen (secondary N) is 1. The van der Waals surface area contributed by atoms with Gasteiger partial charge in [-0.2, -0.15) is 11.8 Å². The van der Waals surface area contributed by atoms with Crippen molar-refractivity contribution in [2.45, 2.75) is 52.4 Å². The van der Waals surface area contributed by atoms with Gasteiger partial charge in [-0.3, -0.25) is 4.99 Å². The second-order valence-corrected chi connectivity index (χ2v) is 7.46. The molecular weight excluding hydrogens is 282 g/mol. The minimum absolute atomic E-state index is 0.313. The van der Waals surface area contributed by atoms with Gasteiger partial charge in [0.1, 0.15) is 0 Å². The number of hydrogen-bond donors (Lipinski definition) is 1. The molecule has 0 aromatic carbocycles. The van der Waals surface area contributed by atoms with Crippen LogP contribution in [0.25, 0.3) is 0 Å². The summed E-state index contributed by atoms with van der Waals surface area (Å²) in [5, 5.41) is 4.15. The van der Waals surface area contributed by atoms with Gasteiger partial charge in [0.25, 0.3) is 0 Å². The first kappa shape index (κ1) is 18.6. The van der Waals surface area contributed by atoms with Crippen LogP contribution in [0.1, 0.15) is 41.0 Å². The van der Waals surface area contributed by atoms with E-state index in [0.717, 1.165) is 51.1 Å². The maximum Gasteiger partial charge on any atom is 0.193 e. The zero-order valence-corrected chi connectivity index (χ0v) is 15.2. The molecule has 0 amide bonds. The highest BCUT2D eigenvalue weighted by Gasteiger charge is 2.24. The fraction of sp³-hybridized carbons (Fsp3) is 0.938. The average molecular weight is 316 g/mol. The van der Waals surface area contributed by atoms with Gasteiger partial charge in [0.15, 0.2) is 5.96 Å². The SMILES string of the molecule is CCNC(=NCCCOC(C)C)N1CCSC(C(C)C)C1. The Hall–Kier alpha value is -0.420. The Kier molecular flexibility index (Phi) is 9.16. The summed E-state index contributed by atoms with van der Waals surface area (Å²) in [6, 6.07) is 0. The first-order valence-corrected chi connectivity index (χ1v) is 9.36. The zero-order valence-electron chi connectivity index (χ0n) is 14.4. The molecule has 0 radical (unpaired) electrons. The van der Waals surface area contributed by atoms with E-state index in [1.807, 2.05) is 0 Å². The lowest BCUT2D eigenvalue weighted by Gasteiger charge is -2.36.